The van der Waals surface area contributed by atoms with Gasteiger partial charge in [-0.1, -0.05) is 0 Å². The Morgan fingerprint density at radius 2 is 2.10 bits per heavy atom. The van der Waals surface area contributed by atoms with E-state index in [0.717, 1.165) is 6.20 Å². The van der Waals surface area contributed by atoms with Crippen molar-refractivity contribution >= 4 is 15.7 Å². The first-order valence-electron chi connectivity index (χ1n) is 6.08. The molecule has 120 valence electrons. The van der Waals surface area contributed by atoms with Crippen LogP contribution in [0.15, 0.2) is 23.4 Å². The summed E-state index contributed by atoms with van der Waals surface area (Å²) in [5, 5.41) is 11.6. The van der Waals surface area contributed by atoms with Crippen LogP contribution in [-0.2, 0) is 10.0 Å². The number of aliphatic hydroxyl groups is 1. The van der Waals surface area contributed by atoms with E-state index in [1.807, 2.05) is 0 Å². The molecule has 0 atom stereocenters. The smallest absolute Gasteiger partial charge is 0.395 e. The average Bonchev–Trinajstić information content (AvgIpc) is 2.37. The molecule has 0 saturated carbocycles. The molecular formula is C11H16F3N3O3S. The summed E-state index contributed by atoms with van der Waals surface area (Å²) in [6, 6.07) is 1.36. The van der Waals surface area contributed by atoms with Crippen molar-refractivity contribution in [2.24, 2.45) is 0 Å². The van der Waals surface area contributed by atoms with Crippen LogP contribution < -0.4 is 5.32 Å². The van der Waals surface area contributed by atoms with E-state index in [0.29, 0.717) is 6.54 Å². The molecule has 0 fully saturated rings. The standard InChI is InChI=1S/C11H16F3N3O3S/c1-2-16-9-3-4-15-7-10(9)21(19,20)17(5-6-18)8-11(12,13)14/h3-4,7,18H,2,5-6,8H2,1H3,(H,15,16). The van der Waals surface area contributed by atoms with Gasteiger partial charge in [-0.05, 0) is 13.0 Å². The zero-order chi connectivity index (χ0) is 16.1. The molecule has 1 heterocycles. The molecule has 0 aromatic carbocycles. The van der Waals surface area contributed by atoms with Crippen LogP contribution in [0.4, 0.5) is 18.9 Å². The van der Waals surface area contributed by atoms with E-state index in [9.17, 15) is 21.6 Å². The van der Waals surface area contributed by atoms with E-state index in [4.69, 9.17) is 5.11 Å². The summed E-state index contributed by atoms with van der Waals surface area (Å²) in [6.45, 7) is -0.922. The largest absolute Gasteiger partial charge is 0.402 e. The van der Waals surface area contributed by atoms with Gasteiger partial charge >= 0.3 is 6.18 Å². The number of aromatic nitrogens is 1. The van der Waals surface area contributed by atoms with E-state index in [1.165, 1.54) is 12.3 Å². The van der Waals surface area contributed by atoms with Crippen molar-refractivity contribution in [2.75, 3.05) is 31.6 Å². The monoisotopic (exact) mass is 327 g/mol. The minimum atomic E-state index is -4.71. The summed E-state index contributed by atoms with van der Waals surface area (Å²) >= 11 is 0. The van der Waals surface area contributed by atoms with Crippen molar-refractivity contribution < 1.29 is 26.7 Å². The van der Waals surface area contributed by atoms with Gasteiger partial charge in [-0.2, -0.15) is 17.5 Å². The fourth-order valence-corrected chi connectivity index (χ4v) is 3.19. The highest BCUT2D eigenvalue weighted by Gasteiger charge is 2.37. The third-order valence-electron chi connectivity index (χ3n) is 2.47. The third kappa shape index (κ3) is 4.83. The molecule has 0 aliphatic heterocycles. The van der Waals surface area contributed by atoms with Gasteiger partial charge in [-0.3, -0.25) is 4.98 Å². The second-order valence-corrected chi connectivity index (χ2v) is 5.99. The molecule has 1 aromatic heterocycles. The summed E-state index contributed by atoms with van der Waals surface area (Å²) in [5.41, 5.74) is 0.164. The number of hydrogen-bond donors (Lipinski definition) is 2. The molecule has 0 saturated heterocycles. The predicted molar refractivity (Wildman–Crippen MR) is 70.3 cm³/mol. The van der Waals surface area contributed by atoms with Gasteiger partial charge in [0.15, 0.2) is 0 Å². The molecule has 0 bridgehead atoms. The lowest BCUT2D eigenvalue weighted by atomic mass is 10.4. The summed E-state index contributed by atoms with van der Waals surface area (Å²) in [7, 11) is -4.42. The van der Waals surface area contributed by atoms with Crippen LogP contribution in [0, 0.1) is 0 Å². The van der Waals surface area contributed by atoms with Crippen LogP contribution in [0.25, 0.3) is 0 Å². The molecule has 0 radical (unpaired) electrons. The number of sulfonamides is 1. The molecule has 1 aromatic rings. The Morgan fingerprint density at radius 3 is 2.62 bits per heavy atom. The normalized spacial score (nSPS) is 12.7. The van der Waals surface area contributed by atoms with Gasteiger partial charge in [-0.25, -0.2) is 8.42 Å². The minimum absolute atomic E-state index is 0.164. The first-order valence-corrected chi connectivity index (χ1v) is 7.52. The second-order valence-electron chi connectivity index (χ2n) is 4.08. The Labute approximate surface area is 120 Å². The zero-order valence-corrected chi connectivity index (χ0v) is 12.1. The SMILES string of the molecule is CCNc1ccncc1S(=O)(=O)N(CCO)CC(F)(F)F. The number of pyridine rings is 1. The quantitative estimate of drug-likeness (QED) is 0.782. The highest BCUT2D eigenvalue weighted by atomic mass is 32.2. The summed E-state index contributed by atoms with van der Waals surface area (Å²) in [6.07, 6.45) is -2.39. The number of alkyl halides is 3. The minimum Gasteiger partial charge on any atom is -0.395 e. The average molecular weight is 327 g/mol. The molecule has 0 aliphatic rings. The topological polar surface area (TPSA) is 82.5 Å². The van der Waals surface area contributed by atoms with Crippen molar-refractivity contribution in [3.05, 3.63) is 18.5 Å². The zero-order valence-electron chi connectivity index (χ0n) is 11.3. The number of anilines is 1. The van der Waals surface area contributed by atoms with Gasteiger partial charge < -0.3 is 10.4 Å². The molecule has 2 N–H and O–H groups in total. The molecule has 0 unspecified atom stereocenters. The van der Waals surface area contributed by atoms with Gasteiger partial charge in [0.2, 0.25) is 10.0 Å². The molecule has 6 nitrogen and oxygen atoms in total. The Bertz CT molecular complexity index is 563. The molecule has 10 heteroatoms. The molecule has 0 spiro atoms. The van der Waals surface area contributed by atoms with E-state index in [1.54, 1.807) is 6.92 Å². The predicted octanol–water partition coefficient (Wildman–Crippen LogP) is 1.06. The Morgan fingerprint density at radius 1 is 1.43 bits per heavy atom. The molecule has 0 amide bonds. The Hall–Kier alpha value is -1.39. The van der Waals surface area contributed by atoms with Crippen molar-refractivity contribution in [1.29, 1.82) is 0 Å². The first kappa shape index (κ1) is 17.7. The molecule has 21 heavy (non-hydrogen) atoms. The fraction of sp³-hybridized carbons (Fsp3) is 0.545. The first-order chi connectivity index (χ1) is 9.72. The maximum atomic E-state index is 12.5. The molecular weight excluding hydrogens is 311 g/mol. The summed E-state index contributed by atoms with van der Waals surface area (Å²) in [4.78, 5) is 3.29. The fourth-order valence-electron chi connectivity index (χ4n) is 1.66. The lowest BCUT2D eigenvalue weighted by molar-refractivity contribution is -0.136. The summed E-state index contributed by atoms with van der Waals surface area (Å²) in [5.74, 6) is 0. The molecule has 1 rings (SSSR count). The number of aliphatic hydroxyl groups excluding tert-OH is 1. The van der Waals surface area contributed by atoms with Crippen LogP contribution in [-0.4, -0.2) is 55.2 Å². The van der Waals surface area contributed by atoms with Gasteiger partial charge in [0, 0.05) is 25.5 Å². The highest BCUT2D eigenvalue weighted by molar-refractivity contribution is 7.89. The lowest BCUT2D eigenvalue weighted by Gasteiger charge is -2.23. The van der Waals surface area contributed by atoms with Gasteiger partial charge in [0.05, 0.1) is 12.3 Å². The second kappa shape index (κ2) is 7.05. The van der Waals surface area contributed by atoms with Crippen LogP contribution in [0.3, 0.4) is 0 Å². The van der Waals surface area contributed by atoms with Gasteiger partial charge in [-0.15, -0.1) is 0 Å². The van der Waals surface area contributed by atoms with Crippen molar-refractivity contribution in [2.45, 2.75) is 18.0 Å². The Balaban J connectivity index is 3.23. The van der Waals surface area contributed by atoms with Gasteiger partial charge in [0.1, 0.15) is 11.4 Å². The van der Waals surface area contributed by atoms with Crippen molar-refractivity contribution in [1.82, 2.24) is 9.29 Å². The van der Waals surface area contributed by atoms with Crippen LogP contribution >= 0.6 is 0 Å². The maximum absolute atomic E-state index is 12.5. The Kier molecular flexibility index (Phi) is 5.93. The number of nitrogens with zero attached hydrogens (tertiary/aromatic N) is 2. The van der Waals surface area contributed by atoms with Crippen LogP contribution in [0.5, 0.6) is 0 Å². The van der Waals surface area contributed by atoms with E-state index in [2.05, 4.69) is 10.3 Å². The highest BCUT2D eigenvalue weighted by Crippen LogP contribution is 2.26. The number of nitrogens with one attached hydrogen (secondary N) is 1. The van der Waals surface area contributed by atoms with Crippen LogP contribution in [0.2, 0.25) is 0 Å². The molecule has 0 aliphatic carbocycles. The third-order valence-corrected chi connectivity index (χ3v) is 4.35. The van der Waals surface area contributed by atoms with E-state index in [-0.39, 0.29) is 14.9 Å². The van der Waals surface area contributed by atoms with Gasteiger partial charge in [0.25, 0.3) is 0 Å². The number of halogens is 3. The van der Waals surface area contributed by atoms with Crippen molar-refractivity contribution in [3.63, 3.8) is 0 Å². The van der Waals surface area contributed by atoms with Crippen LogP contribution in [0.1, 0.15) is 6.92 Å². The number of hydrogen-bond acceptors (Lipinski definition) is 5. The van der Waals surface area contributed by atoms with E-state index < -0.39 is 35.9 Å². The summed E-state index contributed by atoms with van der Waals surface area (Å²) < 4.78 is 62.4. The number of rotatable bonds is 7. The lowest BCUT2D eigenvalue weighted by Crippen LogP contribution is -2.40. The van der Waals surface area contributed by atoms with Crippen molar-refractivity contribution in [3.8, 4) is 0 Å². The maximum Gasteiger partial charge on any atom is 0.402 e. The van der Waals surface area contributed by atoms with E-state index >= 15 is 0 Å².